The molecule has 6 heteroatoms. The molecule has 1 aromatic heterocycles. The minimum atomic E-state index is 0.289. The van der Waals surface area contributed by atoms with Gasteiger partial charge in [0.25, 0.3) is 0 Å². The molecular formula is C20H18N4O2. The maximum atomic E-state index is 8.74. The van der Waals surface area contributed by atoms with Crippen molar-refractivity contribution in [3.63, 3.8) is 0 Å². The van der Waals surface area contributed by atoms with Gasteiger partial charge in [-0.05, 0) is 35.4 Å². The lowest BCUT2D eigenvalue weighted by Gasteiger charge is -2.13. The summed E-state index contributed by atoms with van der Waals surface area (Å²) in [6.45, 7) is 1.03. The van der Waals surface area contributed by atoms with Gasteiger partial charge in [0.05, 0.1) is 7.11 Å². The molecule has 0 saturated heterocycles. The normalized spacial score (nSPS) is 10.0. The second kappa shape index (κ2) is 8.49. The van der Waals surface area contributed by atoms with Gasteiger partial charge in [-0.15, -0.1) is 10.2 Å². The van der Waals surface area contributed by atoms with E-state index >= 15 is 0 Å². The lowest BCUT2D eigenvalue weighted by molar-refractivity contribution is 0.284. The molecule has 2 aromatic carbocycles. The molecule has 0 aliphatic carbocycles. The van der Waals surface area contributed by atoms with Crippen LogP contribution in [0.1, 0.15) is 16.8 Å². The van der Waals surface area contributed by atoms with Crippen LogP contribution in [0.25, 0.3) is 0 Å². The number of benzene rings is 2. The summed E-state index contributed by atoms with van der Waals surface area (Å²) in [5, 5.41) is 19.6. The lowest BCUT2D eigenvalue weighted by atomic mass is 10.2. The third-order valence-corrected chi connectivity index (χ3v) is 3.72. The van der Waals surface area contributed by atoms with Gasteiger partial charge in [0, 0.05) is 6.54 Å². The molecule has 0 unspecified atom stereocenters. The van der Waals surface area contributed by atoms with Crippen LogP contribution in [0.3, 0.4) is 0 Å². The molecule has 1 heterocycles. The van der Waals surface area contributed by atoms with Gasteiger partial charge in [-0.2, -0.15) is 5.26 Å². The Bertz CT molecular complexity index is 890. The molecule has 0 radical (unpaired) electrons. The molecule has 6 nitrogen and oxygen atoms in total. The van der Waals surface area contributed by atoms with Crippen molar-refractivity contribution in [3.8, 4) is 17.6 Å². The summed E-state index contributed by atoms with van der Waals surface area (Å²) in [6.07, 6.45) is 0. The van der Waals surface area contributed by atoms with Crippen molar-refractivity contribution >= 4 is 5.82 Å². The van der Waals surface area contributed by atoms with Crippen molar-refractivity contribution in [2.24, 2.45) is 0 Å². The van der Waals surface area contributed by atoms with Crippen LogP contribution in [0.15, 0.2) is 60.7 Å². The van der Waals surface area contributed by atoms with Crippen LogP contribution in [0, 0.1) is 11.3 Å². The topological polar surface area (TPSA) is 80.1 Å². The standard InChI is InChI=1S/C20H18N4O2/c1-25-19-11-16(13-22-20-10-8-17(12-21)23-24-20)7-9-18(19)26-14-15-5-3-2-4-6-15/h2-11H,13-14H2,1H3,(H,22,24). The van der Waals surface area contributed by atoms with Crippen molar-refractivity contribution in [1.29, 1.82) is 5.26 Å². The minimum Gasteiger partial charge on any atom is -0.493 e. The second-order valence-electron chi connectivity index (χ2n) is 5.53. The number of anilines is 1. The van der Waals surface area contributed by atoms with E-state index in [1.807, 2.05) is 54.6 Å². The molecule has 0 bridgehead atoms. The van der Waals surface area contributed by atoms with E-state index in [4.69, 9.17) is 14.7 Å². The Hall–Kier alpha value is -3.59. The highest BCUT2D eigenvalue weighted by molar-refractivity contribution is 5.44. The maximum Gasteiger partial charge on any atom is 0.163 e. The predicted octanol–water partition coefficient (Wildman–Crippen LogP) is 3.55. The van der Waals surface area contributed by atoms with Crippen LogP contribution in [0.5, 0.6) is 11.5 Å². The number of nitriles is 1. The van der Waals surface area contributed by atoms with E-state index < -0.39 is 0 Å². The number of nitrogens with one attached hydrogen (secondary N) is 1. The summed E-state index contributed by atoms with van der Waals surface area (Å²) in [4.78, 5) is 0. The van der Waals surface area contributed by atoms with E-state index in [9.17, 15) is 0 Å². The lowest BCUT2D eigenvalue weighted by Crippen LogP contribution is -2.04. The Morgan fingerprint density at radius 2 is 1.81 bits per heavy atom. The van der Waals surface area contributed by atoms with E-state index in [1.54, 1.807) is 19.2 Å². The molecule has 0 amide bonds. The molecular weight excluding hydrogens is 328 g/mol. The molecule has 3 rings (SSSR count). The van der Waals surface area contributed by atoms with Gasteiger partial charge < -0.3 is 14.8 Å². The smallest absolute Gasteiger partial charge is 0.163 e. The molecule has 3 aromatic rings. The summed E-state index contributed by atoms with van der Waals surface area (Å²) in [6, 6.07) is 21.0. The van der Waals surface area contributed by atoms with Crippen molar-refractivity contribution in [2.75, 3.05) is 12.4 Å². The van der Waals surface area contributed by atoms with E-state index in [0.29, 0.717) is 30.5 Å². The molecule has 26 heavy (non-hydrogen) atoms. The zero-order valence-electron chi connectivity index (χ0n) is 14.3. The zero-order valence-corrected chi connectivity index (χ0v) is 14.3. The largest absolute Gasteiger partial charge is 0.493 e. The Labute approximate surface area is 152 Å². The van der Waals surface area contributed by atoms with Gasteiger partial charge in [0.15, 0.2) is 17.2 Å². The average molecular weight is 346 g/mol. The Balaban J connectivity index is 1.63. The molecule has 0 atom stereocenters. The van der Waals surface area contributed by atoms with Crippen LogP contribution in [0.2, 0.25) is 0 Å². The maximum absolute atomic E-state index is 8.74. The highest BCUT2D eigenvalue weighted by atomic mass is 16.5. The van der Waals surface area contributed by atoms with Gasteiger partial charge in [-0.25, -0.2) is 0 Å². The van der Waals surface area contributed by atoms with Crippen molar-refractivity contribution in [1.82, 2.24) is 10.2 Å². The van der Waals surface area contributed by atoms with E-state index in [-0.39, 0.29) is 5.69 Å². The van der Waals surface area contributed by atoms with E-state index in [1.165, 1.54) is 0 Å². The number of rotatable bonds is 7. The Kier molecular flexibility index (Phi) is 5.63. The molecule has 1 N–H and O–H groups in total. The highest BCUT2D eigenvalue weighted by Crippen LogP contribution is 2.29. The average Bonchev–Trinajstić information content (AvgIpc) is 2.72. The van der Waals surface area contributed by atoms with Crippen molar-refractivity contribution in [3.05, 3.63) is 77.5 Å². The quantitative estimate of drug-likeness (QED) is 0.705. The number of nitrogens with zero attached hydrogens (tertiary/aromatic N) is 3. The first kappa shape index (κ1) is 17.2. The zero-order chi connectivity index (χ0) is 18.2. The number of methoxy groups -OCH3 is 1. The summed E-state index contributed by atoms with van der Waals surface area (Å²) < 4.78 is 11.3. The van der Waals surface area contributed by atoms with Crippen LogP contribution < -0.4 is 14.8 Å². The van der Waals surface area contributed by atoms with Gasteiger partial charge in [0.2, 0.25) is 0 Å². The van der Waals surface area contributed by atoms with Crippen molar-refractivity contribution < 1.29 is 9.47 Å². The fourth-order valence-electron chi connectivity index (χ4n) is 2.36. The SMILES string of the molecule is COc1cc(CNc2ccc(C#N)nn2)ccc1OCc1ccccc1. The summed E-state index contributed by atoms with van der Waals surface area (Å²) in [5.41, 5.74) is 2.40. The fraction of sp³-hybridized carbons (Fsp3) is 0.150. The van der Waals surface area contributed by atoms with Crippen LogP contribution >= 0.6 is 0 Å². The first-order valence-electron chi connectivity index (χ1n) is 8.10. The van der Waals surface area contributed by atoms with Gasteiger partial charge in [-0.1, -0.05) is 36.4 Å². The highest BCUT2D eigenvalue weighted by Gasteiger charge is 2.07. The second-order valence-corrected chi connectivity index (χ2v) is 5.53. The molecule has 0 aliphatic rings. The first-order chi connectivity index (χ1) is 12.8. The molecule has 0 saturated carbocycles. The number of hydrogen-bond donors (Lipinski definition) is 1. The summed E-state index contributed by atoms with van der Waals surface area (Å²) >= 11 is 0. The predicted molar refractivity (Wildman–Crippen MR) is 97.8 cm³/mol. The van der Waals surface area contributed by atoms with Gasteiger partial charge >= 0.3 is 0 Å². The Morgan fingerprint density at radius 3 is 2.50 bits per heavy atom. The Morgan fingerprint density at radius 1 is 0.962 bits per heavy atom. The number of hydrogen-bond acceptors (Lipinski definition) is 6. The molecule has 0 fully saturated rings. The van der Waals surface area contributed by atoms with Gasteiger partial charge in [0.1, 0.15) is 18.5 Å². The number of ether oxygens (including phenoxy) is 2. The summed E-state index contributed by atoms with van der Waals surface area (Å²) in [7, 11) is 1.62. The number of aromatic nitrogens is 2. The first-order valence-corrected chi connectivity index (χ1v) is 8.10. The van der Waals surface area contributed by atoms with Crippen LogP contribution in [-0.4, -0.2) is 17.3 Å². The molecule has 0 aliphatic heterocycles. The van der Waals surface area contributed by atoms with Crippen LogP contribution in [0.4, 0.5) is 5.82 Å². The third kappa shape index (κ3) is 4.48. The monoisotopic (exact) mass is 346 g/mol. The minimum absolute atomic E-state index is 0.289. The van der Waals surface area contributed by atoms with Gasteiger partial charge in [-0.3, -0.25) is 0 Å². The van der Waals surface area contributed by atoms with E-state index in [2.05, 4.69) is 15.5 Å². The molecule has 130 valence electrons. The van der Waals surface area contributed by atoms with Crippen molar-refractivity contribution in [2.45, 2.75) is 13.2 Å². The fourth-order valence-corrected chi connectivity index (χ4v) is 2.36. The molecule has 0 spiro atoms. The van der Waals surface area contributed by atoms with E-state index in [0.717, 1.165) is 11.1 Å². The van der Waals surface area contributed by atoms with Crippen LogP contribution in [-0.2, 0) is 13.2 Å². The summed E-state index contributed by atoms with van der Waals surface area (Å²) in [5.74, 6) is 1.97. The third-order valence-electron chi connectivity index (χ3n) is 3.72.